The molecule has 1 nitrogen and oxygen atoms in total. The molecular formula is C12H13NS. The van der Waals surface area contributed by atoms with E-state index in [1.54, 1.807) is 0 Å². The quantitative estimate of drug-likeness (QED) is 0.746. The highest BCUT2D eigenvalue weighted by molar-refractivity contribution is 7.99. The van der Waals surface area contributed by atoms with Gasteiger partial charge >= 0.3 is 0 Å². The molecule has 0 amide bonds. The van der Waals surface area contributed by atoms with Gasteiger partial charge in [0, 0.05) is 29.0 Å². The summed E-state index contributed by atoms with van der Waals surface area (Å²) in [4.78, 5) is 1.37. The number of terminal acetylenes is 1. The van der Waals surface area contributed by atoms with E-state index in [0.29, 0.717) is 12.3 Å². The van der Waals surface area contributed by atoms with E-state index in [1.807, 2.05) is 11.8 Å². The fourth-order valence-corrected chi connectivity index (χ4v) is 3.17. The average molecular weight is 203 g/mol. The Balaban J connectivity index is 2.22. The van der Waals surface area contributed by atoms with Crippen molar-refractivity contribution in [2.45, 2.75) is 23.3 Å². The molecule has 0 saturated heterocycles. The van der Waals surface area contributed by atoms with Crippen LogP contribution >= 0.6 is 11.8 Å². The maximum atomic E-state index is 6.05. The summed E-state index contributed by atoms with van der Waals surface area (Å²) in [5, 5.41) is 0. The van der Waals surface area contributed by atoms with Gasteiger partial charge in [-0.3, -0.25) is 0 Å². The highest BCUT2D eigenvalue weighted by Gasteiger charge is 2.27. The molecule has 1 aromatic rings. The molecule has 2 N–H and O–H groups in total. The van der Waals surface area contributed by atoms with Gasteiger partial charge in [0.05, 0.1) is 0 Å². The molecule has 72 valence electrons. The lowest BCUT2D eigenvalue weighted by Gasteiger charge is -2.16. The summed E-state index contributed by atoms with van der Waals surface area (Å²) in [6.45, 7) is 0. The largest absolute Gasteiger partial charge is 0.326 e. The van der Waals surface area contributed by atoms with Gasteiger partial charge in [0.2, 0.25) is 0 Å². The lowest BCUT2D eigenvalue weighted by molar-refractivity contribution is 0.588. The van der Waals surface area contributed by atoms with Crippen molar-refractivity contribution in [3.8, 4) is 12.3 Å². The zero-order valence-corrected chi connectivity index (χ0v) is 8.76. The van der Waals surface area contributed by atoms with Gasteiger partial charge in [-0.2, -0.15) is 0 Å². The first-order valence-corrected chi connectivity index (χ1v) is 5.72. The molecule has 0 aliphatic carbocycles. The Morgan fingerprint density at radius 2 is 2.36 bits per heavy atom. The molecule has 0 saturated carbocycles. The molecular weight excluding hydrogens is 190 g/mol. The highest BCUT2D eigenvalue weighted by Crippen LogP contribution is 2.40. The van der Waals surface area contributed by atoms with Crippen LogP contribution < -0.4 is 5.73 Å². The van der Waals surface area contributed by atoms with Crippen molar-refractivity contribution in [2.24, 2.45) is 5.73 Å². The molecule has 2 atom stereocenters. The number of rotatable bonds is 2. The lowest BCUT2D eigenvalue weighted by Crippen LogP contribution is -2.27. The van der Waals surface area contributed by atoms with Crippen LogP contribution in [-0.2, 0) is 0 Å². The summed E-state index contributed by atoms with van der Waals surface area (Å²) in [6, 6.07) is 8.57. The number of hydrogen-bond donors (Lipinski definition) is 1. The normalized spacial score (nSPS) is 21.3. The average Bonchev–Trinajstić information content (AvgIpc) is 2.61. The molecule has 2 unspecified atom stereocenters. The van der Waals surface area contributed by atoms with Crippen molar-refractivity contribution in [2.75, 3.05) is 5.75 Å². The Morgan fingerprint density at radius 3 is 3.14 bits per heavy atom. The van der Waals surface area contributed by atoms with Gasteiger partial charge in [0.25, 0.3) is 0 Å². The molecule has 0 aromatic heterocycles. The highest BCUT2D eigenvalue weighted by atomic mass is 32.2. The van der Waals surface area contributed by atoms with Crippen molar-refractivity contribution in [3.05, 3.63) is 29.8 Å². The minimum Gasteiger partial charge on any atom is -0.326 e. The maximum absolute atomic E-state index is 6.05. The van der Waals surface area contributed by atoms with Gasteiger partial charge in [0.1, 0.15) is 0 Å². The van der Waals surface area contributed by atoms with Crippen LogP contribution in [0.2, 0.25) is 0 Å². The number of hydrogen-bond acceptors (Lipinski definition) is 2. The van der Waals surface area contributed by atoms with E-state index in [9.17, 15) is 0 Å². The number of fused-ring (bicyclic) bond motifs is 1. The Morgan fingerprint density at radius 1 is 1.57 bits per heavy atom. The molecule has 0 spiro atoms. The molecule has 1 aliphatic rings. The van der Waals surface area contributed by atoms with E-state index < -0.39 is 0 Å². The smallest absolute Gasteiger partial charge is 0.0244 e. The fourth-order valence-electron chi connectivity index (χ4n) is 1.82. The van der Waals surface area contributed by atoms with E-state index in [-0.39, 0.29) is 6.04 Å². The number of thioether (sulfide) groups is 1. The third kappa shape index (κ3) is 1.66. The number of benzene rings is 1. The Hall–Kier alpha value is -0.910. The predicted molar refractivity (Wildman–Crippen MR) is 61.3 cm³/mol. The van der Waals surface area contributed by atoms with E-state index in [2.05, 4.69) is 30.2 Å². The molecule has 1 heterocycles. The molecule has 1 aliphatic heterocycles. The molecule has 0 radical (unpaired) electrons. The van der Waals surface area contributed by atoms with Crippen molar-refractivity contribution in [1.29, 1.82) is 0 Å². The SMILES string of the molecule is C#CCC(N)C1CSc2ccccc21. The molecule has 14 heavy (non-hydrogen) atoms. The van der Waals surface area contributed by atoms with Gasteiger partial charge in [-0.15, -0.1) is 24.1 Å². The lowest BCUT2D eigenvalue weighted by atomic mass is 9.92. The summed E-state index contributed by atoms with van der Waals surface area (Å²) < 4.78 is 0. The summed E-state index contributed by atoms with van der Waals surface area (Å²) in [6.07, 6.45) is 5.95. The van der Waals surface area contributed by atoms with Gasteiger partial charge in [-0.1, -0.05) is 18.2 Å². The molecule has 0 fully saturated rings. The molecule has 1 aromatic carbocycles. The summed E-state index contributed by atoms with van der Waals surface area (Å²) >= 11 is 1.88. The summed E-state index contributed by atoms with van der Waals surface area (Å²) in [7, 11) is 0. The first-order chi connectivity index (χ1) is 6.83. The number of nitrogens with two attached hydrogens (primary N) is 1. The van der Waals surface area contributed by atoms with Gasteiger partial charge in [0.15, 0.2) is 0 Å². The van der Waals surface area contributed by atoms with Crippen LogP contribution in [0.3, 0.4) is 0 Å². The van der Waals surface area contributed by atoms with Crippen LogP contribution in [0.1, 0.15) is 17.9 Å². The Bertz CT molecular complexity index is 367. The monoisotopic (exact) mass is 203 g/mol. The first-order valence-electron chi connectivity index (χ1n) is 4.73. The van der Waals surface area contributed by atoms with Crippen molar-refractivity contribution >= 4 is 11.8 Å². The van der Waals surface area contributed by atoms with Gasteiger partial charge < -0.3 is 5.73 Å². The van der Waals surface area contributed by atoms with E-state index >= 15 is 0 Å². The van der Waals surface area contributed by atoms with E-state index in [4.69, 9.17) is 12.2 Å². The molecule has 2 heteroatoms. The van der Waals surface area contributed by atoms with Crippen LogP contribution in [0.5, 0.6) is 0 Å². The minimum absolute atomic E-state index is 0.108. The second kappa shape index (κ2) is 4.08. The maximum Gasteiger partial charge on any atom is 0.0244 e. The minimum atomic E-state index is 0.108. The third-order valence-electron chi connectivity index (χ3n) is 2.61. The molecule has 2 rings (SSSR count). The third-order valence-corrected chi connectivity index (χ3v) is 3.82. The van der Waals surface area contributed by atoms with Crippen molar-refractivity contribution in [3.63, 3.8) is 0 Å². The summed E-state index contributed by atoms with van der Waals surface area (Å²) in [5.41, 5.74) is 7.42. The fraction of sp³-hybridized carbons (Fsp3) is 0.333. The second-order valence-electron chi connectivity index (χ2n) is 3.53. The second-order valence-corrected chi connectivity index (χ2v) is 4.59. The Kier molecular flexibility index (Phi) is 2.81. The predicted octanol–water partition coefficient (Wildman–Crippen LogP) is 2.23. The zero-order valence-electron chi connectivity index (χ0n) is 7.94. The Labute approximate surface area is 89.1 Å². The first kappa shape index (κ1) is 9.64. The van der Waals surface area contributed by atoms with Crippen LogP contribution in [0.4, 0.5) is 0 Å². The van der Waals surface area contributed by atoms with Gasteiger partial charge in [-0.25, -0.2) is 0 Å². The van der Waals surface area contributed by atoms with Crippen molar-refractivity contribution < 1.29 is 0 Å². The van der Waals surface area contributed by atoms with Crippen LogP contribution in [0.15, 0.2) is 29.2 Å². The van der Waals surface area contributed by atoms with E-state index in [0.717, 1.165) is 5.75 Å². The van der Waals surface area contributed by atoms with Crippen LogP contribution in [-0.4, -0.2) is 11.8 Å². The topological polar surface area (TPSA) is 26.0 Å². The van der Waals surface area contributed by atoms with Crippen LogP contribution in [0, 0.1) is 12.3 Å². The summed E-state index contributed by atoms with van der Waals surface area (Å²) in [5.74, 6) is 4.15. The van der Waals surface area contributed by atoms with Gasteiger partial charge in [-0.05, 0) is 11.6 Å². The molecule has 0 bridgehead atoms. The van der Waals surface area contributed by atoms with Crippen molar-refractivity contribution in [1.82, 2.24) is 0 Å². The van der Waals surface area contributed by atoms with E-state index in [1.165, 1.54) is 10.5 Å². The standard InChI is InChI=1S/C12H13NS/c1-2-5-11(13)10-8-14-12-7-4-3-6-9(10)12/h1,3-4,6-7,10-11H,5,8,13H2. The zero-order chi connectivity index (χ0) is 9.97. The van der Waals surface area contributed by atoms with Crippen LogP contribution in [0.25, 0.3) is 0 Å².